The Hall–Kier alpha value is -1.88. The highest BCUT2D eigenvalue weighted by atomic mass is 16.5. The van der Waals surface area contributed by atoms with Crippen LogP contribution in [0.2, 0.25) is 0 Å². The van der Waals surface area contributed by atoms with E-state index in [2.05, 4.69) is 5.32 Å². The van der Waals surface area contributed by atoms with Crippen molar-refractivity contribution in [3.8, 4) is 0 Å². The van der Waals surface area contributed by atoms with Crippen LogP contribution in [-0.2, 0) is 22.4 Å². The van der Waals surface area contributed by atoms with Crippen molar-refractivity contribution in [1.82, 2.24) is 10.2 Å². The van der Waals surface area contributed by atoms with Gasteiger partial charge in [0.15, 0.2) is 0 Å². The minimum Gasteiger partial charge on any atom is -0.378 e. The number of amides is 2. The van der Waals surface area contributed by atoms with Gasteiger partial charge in [-0.2, -0.15) is 0 Å². The van der Waals surface area contributed by atoms with Crippen LogP contribution >= 0.6 is 0 Å². The van der Waals surface area contributed by atoms with Gasteiger partial charge in [-0.1, -0.05) is 6.07 Å². The lowest BCUT2D eigenvalue weighted by molar-refractivity contribution is -0.119. The maximum Gasteiger partial charge on any atom is 0.254 e. The van der Waals surface area contributed by atoms with Gasteiger partial charge >= 0.3 is 0 Å². The van der Waals surface area contributed by atoms with E-state index in [9.17, 15) is 9.59 Å². The number of nitrogens with zero attached hydrogens (tertiary/aromatic N) is 1. The minimum absolute atomic E-state index is 0.00239. The molecule has 21 heavy (non-hydrogen) atoms. The number of morpholine rings is 1. The summed E-state index contributed by atoms with van der Waals surface area (Å²) in [6.45, 7) is 4.08. The van der Waals surface area contributed by atoms with Crippen molar-refractivity contribution in [1.29, 1.82) is 0 Å². The molecule has 1 atom stereocenters. The molecule has 1 fully saturated rings. The van der Waals surface area contributed by atoms with Gasteiger partial charge in [0.05, 0.1) is 13.2 Å². The molecule has 0 aromatic heterocycles. The second kappa shape index (κ2) is 5.85. The van der Waals surface area contributed by atoms with Crippen LogP contribution in [0.4, 0.5) is 0 Å². The molecule has 1 heterocycles. The summed E-state index contributed by atoms with van der Waals surface area (Å²) in [7, 11) is 0. The standard InChI is InChI=1S/C16H20N2O3/c1-11(19)17-15-9-12-2-3-13(8-14(12)10-15)16(20)18-4-6-21-7-5-18/h2-3,8,15H,4-7,9-10H2,1H3,(H,17,19). The highest BCUT2D eigenvalue weighted by Gasteiger charge is 2.24. The smallest absolute Gasteiger partial charge is 0.254 e. The molecule has 112 valence electrons. The van der Waals surface area contributed by atoms with Gasteiger partial charge in [0.1, 0.15) is 0 Å². The molecule has 5 nitrogen and oxygen atoms in total. The summed E-state index contributed by atoms with van der Waals surface area (Å²) in [6.07, 6.45) is 1.65. The molecule has 2 aliphatic rings. The number of benzene rings is 1. The molecule has 0 saturated carbocycles. The number of carbonyl (C=O) groups is 2. The zero-order chi connectivity index (χ0) is 14.8. The Bertz CT molecular complexity index is 565. The third-order valence-electron chi connectivity index (χ3n) is 4.09. The van der Waals surface area contributed by atoms with E-state index in [4.69, 9.17) is 4.74 Å². The van der Waals surface area contributed by atoms with Crippen molar-refractivity contribution < 1.29 is 14.3 Å². The van der Waals surface area contributed by atoms with Gasteiger partial charge in [0.2, 0.25) is 5.91 Å². The summed E-state index contributed by atoms with van der Waals surface area (Å²) in [5.41, 5.74) is 3.14. The second-order valence-corrected chi connectivity index (χ2v) is 5.69. The third-order valence-corrected chi connectivity index (χ3v) is 4.09. The first-order valence-corrected chi connectivity index (χ1v) is 7.39. The van der Waals surface area contributed by atoms with Gasteiger partial charge in [-0.05, 0) is 36.1 Å². The van der Waals surface area contributed by atoms with Gasteiger partial charge in [0, 0.05) is 31.6 Å². The summed E-state index contributed by atoms with van der Waals surface area (Å²) < 4.78 is 5.28. The largest absolute Gasteiger partial charge is 0.378 e. The summed E-state index contributed by atoms with van der Waals surface area (Å²) in [4.78, 5) is 25.4. The normalized spacial score (nSPS) is 21.0. The molecule has 5 heteroatoms. The fraction of sp³-hybridized carbons (Fsp3) is 0.500. The number of rotatable bonds is 2. The minimum atomic E-state index is -0.00239. The number of carbonyl (C=O) groups excluding carboxylic acids is 2. The van der Waals surface area contributed by atoms with Crippen molar-refractivity contribution in [2.45, 2.75) is 25.8 Å². The van der Waals surface area contributed by atoms with Crippen molar-refractivity contribution in [3.63, 3.8) is 0 Å². The molecule has 0 bridgehead atoms. The van der Waals surface area contributed by atoms with Crippen molar-refractivity contribution in [2.75, 3.05) is 26.3 Å². The first kappa shape index (κ1) is 14.1. The SMILES string of the molecule is CC(=O)NC1Cc2ccc(C(=O)N3CCOCC3)cc2C1. The monoisotopic (exact) mass is 288 g/mol. The topological polar surface area (TPSA) is 58.6 Å². The molecule has 1 aliphatic carbocycles. The number of hydrogen-bond donors (Lipinski definition) is 1. The van der Waals surface area contributed by atoms with E-state index in [0.29, 0.717) is 26.3 Å². The van der Waals surface area contributed by atoms with Crippen LogP contribution < -0.4 is 5.32 Å². The Morgan fingerprint density at radius 1 is 1.19 bits per heavy atom. The van der Waals surface area contributed by atoms with Gasteiger partial charge in [0.25, 0.3) is 5.91 Å². The number of ether oxygens (including phenoxy) is 1. The van der Waals surface area contributed by atoms with Gasteiger partial charge in [-0.25, -0.2) is 0 Å². The molecule has 3 rings (SSSR count). The van der Waals surface area contributed by atoms with E-state index in [-0.39, 0.29) is 17.9 Å². The van der Waals surface area contributed by atoms with E-state index < -0.39 is 0 Å². The lowest BCUT2D eigenvalue weighted by atomic mass is 10.1. The average molecular weight is 288 g/mol. The zero-order valence-electron chi connectivity index (χ0n) is 12.2. The Morgan fingerprint density at radius 3 is 2.62 bits per heavy atom. The summed E-state index contributed by atoms with van der Waals surface area (Å²) in [5.74, 6) is 0.0708. The van der Waals surface area contributed by atoms with Crippen LogP contribution in [0.15, 0.2) is 18.2 Å². The Kier molecular flexibility index (Phi) is 3.92. The quantitative estimate of drug-likeness (QED) is 0.874. The fourth-order valence-electron chi connectivity index (χ4n) is 3.09. The first-order valence-electron chi connectivity index (χ1n) is 7.39. The van der Waals surface area contributed by atoms with Crippen LogP contribution in [0, 0.1) is 0 Å². The lowest BCUT2D eigenvalue weighted by Crippen LogP contribution is -2.40. The van der Waals surface area contributed by atoms with Crippen molar-refractivity contribution in [3.05, 3.63) is 34.9 Å². The lowest BCUT2D eigenvalue weighted by Gasteiger charge is -2.27. The van der Waals surface area contributed by atoms with Crippen LogP contribution in [0.3, 0.4) is 0 Å². The van der Waals surface area contributed by atoms with Crippen LogP contribution in [-0.4, -0.2) is 49.1 Å². The molecule has 0 radical (unpaired) electrons. The van der Waals surface area contributed by atoms with Crippen LogP contribution in [0.25, 0.3) is 0 Å². The van der Waals surface area contributed by atoms with E-state index in [0.717, 1.165) is 18.4 Å². The maximum atomic E-state index is 12.5. The van der Waals surface area contributed by atoms with E-state index in [1.807, 2.05) is 23.1 Å². The van der Waals surface area contributed by atoms with Crippen molar-refractivity contribution >= 4 is 11.8 Å². The van der Waals surface area contributed by atoms with Crippen LogP contribution in [0.5, 0.6) is 0 Å². The molecular formula is C16H20N2O3. The van der Waals surface area contributed by atoms with Gasteiger partial charge < -0.3 is 15.0 Å². The second-order valence-electron chi connectivity index (χ2n) is 5.69. The number of hydrogen-bond acceptors (Lipinski definition) is 3. The summed E-state index contributed by atoms with van der Waals surface area (Å²) in [5, 5.41) is 2.95. The van der Waals surface area contributed by atoms with Gasteiger partial charge in [-0.15, -0.1) is 0 Å². The molecule has 0 spiro atoms. The molecular weight excluding hydrogens is 268 g/mol. The third kappa shape index (κ3) is 3.08. The summed E-state index contributed by atoms with van der Waals surface area (Å²) >= 11 is 0. The van der Waals surface area contributed by atoms with Crippen LogP contribution in [0.1, 0.15) is 28.4 Å². The molecule has 2 amide bonds. The molecule has 1 aromatic rings. The van der Waals surface area contributed by atoms with Gasteiger partial charge in [-0.3, -0.25) is 9.59 Å². The molecule has 1 N–H and O–H groups in total. The van der Waals surface area contributed by atoms with E-state index >= 15 is 0 Å². The highest BCUT2D eigenvalue weighted by molar-refractivity contribution is 5.94. The maximum absolute atomic E-state index is 12.5. The fourth-order valence-corrected chi connectivity index (χ4v) is 3.09. The highest BCUT2D eigenvalue weighted by Crippen LogP contribution is 2.24. The Balaban J connectivity index is 1.72. The predicted octanol–water partition coefficient (Wildman–Crippen LogP) is 0.762. The average Bonchev–Trinajstić information content (AvgIpc) is 2.87. The first-order chi connectivity index (χ1) is 10.1. The summed E-state index contributed by atoms with van der Waals surface area (Å²) in [6, 6.07) is 6.05. The van der Waals surface area contributed by atoms with Crippen molar-refractivity contribution in [2.24, 2.45) is 0 Å². The predicted molar refractivity (Wildman–Crippen MR) is 78.2 cm³/mol. The molecule has 1 saturated heterocycles. The molecule has 1 aliphatic heterocycles. The Labute approximate surface area is 124 Å². The van der Waals surface area contributed by atoms with E-state index in [1.165, 1.54) is 18.1 Å². The zero-order valence-corrected chi connectivity index (χ0v) is 12.2. The van der Waals surface area contributed by atoms with E-state index in [1.54, 1.807) is 0 Å². The molecule has 1 aromatic carbocycles. The molecule has 1 unspecified atom stereocenters. The number of fused-ring (bicyclic) bond motifs is 1. The Morgan fingerprint density at radius 2 is 1.90 bits per heavy atom. The number of nitrogens with one attached hydrogen (secondary N) is 1.